The SMILES string of the molecule is Nc1ccc(-c2nc3c(c(=O)[nH]2)CCN(Cc2cccs2)C3)cc1. The molecule has 1 aliphatic heterocycles. The van der Waals surface area contributed by atoms with Crippen molar-refractivity contribution in [3.05, 3.63) is 68.3 Å². The van der Waals surface area contributed by atoms with Crippen molar-refractivity contribution in [1.82, 2.24) is 14.9 Å². The minimum absolute atomic E-state index is 0.0254. The van der Waals surface area contributed by atoms with Crippen molar-refractivity contribution in [2.24, 2.45) is 0 Å². The van der Waals surface area contributed by atoms with Crippen molar-refractivity contribution in [1.29, 1.82) is 0 Å². The average Bonchev–Trinajstić information content (AvgIpc) is 3.08. The zero-order chi connectivity index (χ0) is 16.5. The summed E-state index contributed by atoms with van der Waals surface area (Å²) in [5.41, 5.74) is 8.97. The van der Waals surface area contributed by atoms with Gasteiger partial charge in [0, 0.05) is 41.3 Å². The number of thiophene rings is 1. The number of anilines is 1. The van der Waals surface area contributed by atoms with Crippen molar-refractivity contribution >= 4 is 17.0 Å². The van der Waals surface area contributed by atoms with Crippen molar-refractivity contribution in [3.8, 4) is 11.4 Å². The van der Waals surface area contributed by atoms with Crippen LogP contribution in [0, 0.1) is 0 Å². The topological polar surface area (TPSA) is 75.0 Å². The van der Waals surface area contributed by atoms with Crippen LogP contribution in [-0.2, 0) is 19.5 Å². The van der Waals surface area contributed by atoms with E-state index < -0.39 is 0 Å². The summed E-state index contributed by atoms with van der Waals surface area (Å²) in [5, 5.41) is 2.09. The van der Waals surface area contributed by atoms with E-state index in [2.05, 4.69) is 27.4 Å². The third-order valence-electron chi connectivity index (χ3n) is 4.30. The van der Waals surface area contributed by atoms with Crippen molar-refractivity contribution in [3.63, 3.8) is 0 Å². The number of hydrogen-bond donors (Lipinski definition) is 2. The Morgan fingerprint density at radius 3 is 2.83 bits per heavy atom. The van der Waals surface area contributed by atoms with E-state index in [0.29, 0.717) is 18.1 Å². The molecule has 0 unspecified atom stereocenters. The summed E-state index contributed by atoms with van der Waals surface area (Å²) in [6.07, 6.45) is 0.741. The Morgan fingerprint density at radius 2 is 2.08 bits per heavy atom. The molecule has 122 valence electrons. The number of nitrogens with zero attached hydrogens (tertiary/aromatic N) is 2. The summed E-state index contributed by atoms with van der Waals surface area (Å²) in [4.78, 5) is 23.7. The van der Waals surface area contributed by atoms with Crippen molar-refractivity contribution in [2.75, 3.05) is 12.3 Å². The van der Waals surface area contributed by atoms with Crippen LogP contribution in [-0.4, -0.2) is 21.4 Å². The first-order valence-electron chi connectivity index (χ1n) is 7.92. The van der Waals surface area contributed by atoms with Crippen LogP contribution in [0.1, 0.15) is 16.1 Å². The summed E-state index contributed by atoms with van der Waals surface area (Å²) >= 11 is 1.76. The predicted molar refractivity (Wildman–Crippen MR) is 96.8 cm³/mol. The molecule has 0 saturated carbocycles. The van der Waals surface area contributed by atoms with Gasteiger partial charge >= 0.3 is 0 Å². The summed E-state index contributed by atoms with van der Waals surface area (Å²) in [6.45, 7) is 2.50. The van der Waals surface area contributed by atoms with Gasteiger partial charge in [-0.1, -0.05) is 6.07 Å². The number of aromatic nitrogens is 2. The molecule has 3 heterocycles. The highest BCUT2D eigenvalue weighted by atomic mass is 32.1. The van der Waals surface area contributed by atoms with Crippen LogP contribution >= 0.6 is 11.3 Å². The molecule has 6 heteroatoms. The molecule has 3 N–H and O–H groups in total. The Labute approximate surface area is 143 Å². The molecule has 4 rings (SSSR count). The first-order chi connectivity index (χ1) is 11.7. The number of nitrogens with one attached hydrogen (secondary N) is 1. The van der Waals surface area contributed by atoms with Crippen molar-refractivity contribution in [2.45, 2.75) is 19.5 Å². The van der Waals surface area contributed by atoms with Gasteiger partial charge in [0.25, 0.3) is 5.56 Å². The maximum Gasteiger partial charge on any atom is 0.254 e. The second kappa shape index (κ2) is 6.22. The van der Waals surface area contributed by atoms with E-state index in [1.54, 1.807) is 11.3 Å². The lowest BCUT2D eigenvalue weighted by molar-refractivity contribution is 0.242. The number of nitrogens with two attached hydrogens (primary N) is 1. The second-order valence-corrected chi connectivity index (χ2v) is 7.03. The Bertz CT molecular complexity index is 900. The zero-order valence-electron chi connectivity index (χ0n) is 13.2. The number of H-pyrrole nitrogens is 1. The number of nitrogen functional groups attached to an aromatic ring is 1. The molecule has 2 aromatic heterocycles. The maximum atomic E-state index is 12.4. The molecule has 0 fully saturated rings. The summed E-state index contributed by atoms with van der Waals surface area (Å²) in [6, 6.07) is 11.6. The Balaban J connectivity index is 1.64. The molecule has 0 atom stereocenters. The van der Waals surface area contributed by atoms with Crippen LogP contribution in [0.4, 0.5) is 5.69 Å². The highest BCUT2D eigenvalue weighted by molar-refractivity contribution is 7.09. The number of aromatic amines is 1. The van der Waals surface area contributed by atoms with Crippen LogP contribution < -0.4 is 11.3 Å². The first-order valence-corrected chi connectivity index (χ1v) is 8.80. The fourth-order valence-corrected chi connectivity index (χ4v) is 3.78. The Morgan fingerprint density at radius 1 is 1.25 bits per heavy atom. The minimum Gasteiger partial charge on any atom is -0.399 e. The lowest BCUT2D eigenvalue weighted by Gasteiger charge is -2.27. The molecule has 0 bridgehead atoms. The number of hydrogen-bond acceptors (Lipinski definition) is 5. The van der Waals surface area contributed by atoms with Crippen LogP contribution in [0.3, 0.4) is 0 Å². The molecule has 3 aromatic rings. The van der Waals surface area contributed by atoms with Gasteiger partial charge in [0.1, 0.15) is 5.82 Å². The van der Waals surface area contributed by atoms with E-state index in [1.165, 1.54) is 4.88 Å². The lowest BCUT2D eigenvalue weighted by atomic mass is 10.1. The fourth-order valence-electron chi connectivity index (χ4n) is 3.03. The van der Waals surface area contributed by atoms with E-state index in [-0.39, 0.29) is 5.56 Å². The molecular formula is C18H18N4OS. The van der Waals surface area contributed by atoms with Gasteiger partial charge in [0.15, 0.2) is 0 Å². The maximum absolute atomic E-state index is 12.4. The van der Waals surface area contributed by atoms with Gasteiger partial charge in [-0.25, -0.2) is 4.98 Å². The molecule has 0 spiro atoms. The van der Waals surface area contributed by atoms with Gasteiger partial charge in [-0.3, -0.25) is 9.69 Å². The number of fused-ring (bicyclic) bond motifs is 1. The molecule has 1 aromatic carbocycles. The van der Waals surface area contributed by atoms with E-state index in [0.717, 1.165) is 36.3 Å². The first kappa shape index (κ1) is 15.1. The quantitative estimate of drug-likeness (QED) is 0.720. The molecular weight excluding hydrogens is 320 g/mol. The average molecular weight is 338 g/mol. The van der Waals surface area contributed by atoms with Gasteiger partial charge in [-0.15, -0.1) is 11.3 Å². The molecule has 0 amide bonds. The largest absolute Gasteiger partial charge is 0.399 e. The molecule has 24 heavy (non-hydrogen) atoms. The Kier molecular flexibility index (Phi) is 3.92. The van der Waals surface area contributed by atoms with Gasteiger partial charge in [0.2, 0.25) is 0 Å². The predicted octanol–water partition coefficient (Wildman–Crippen LogP) is 2.64. The normalized spacial score (nSPS) is 14.5. The highest BCUT2D eigenvalue weighted by Crippen LogP contribution is 2.21. The highest BCUT2D eigenvalue weighted by Gasteiger charge is 2.21. The van der Waals surface area contributed by atoms with Crippen LogP contribution in [0.5, 0.6) is 0 Å². The number of rotatable bonds is 3. The van der Waals surface area contributed by atoms with Gasteiger partial charge in [-0.2, -0.15) is 0 Å². The molecule has 0 radical (unpaired) electrons. The van der Waals surface area contributed by atoms with E-state index in [4.69, 9.17) is 10.7 Å². The van der Waals surface area contributed by atoms with E-state index in [9.17, 15) is 4.79 Å². The van der Waals surface area contributed by atoms with Gasteiger partial charge < -0.3 is 10.7 Å². The van der Waals surface area contributed by atoms with Gasteiger partial charge in [0.05, 0.1) is 5.69 Å². The van der Waals surface area contributed by atoms with Crippen LogP contribution in [0.15, 0.2) is 46.6 Å². The van der Waals surface area contributed by atoms with E-state index >= 15 is 0 Å². The standard InChI is InChI=1S/C18H18N4OS/c19-13-5-3-12(4-6-13)17-20-16-11-22(10-14-2-1-9-24-14)8-7-15(16)18(23)21-17/h1-6,9H,7-8,10-11,19H2,(H,20,21,23). The van der Waals surface area contributed by atoms with Gasteiger partial charge in [-0.05, 0) is 42.1 Å². The molecule has 1 aliphatic rings. The molecule has 0 aliphatic carbocycles. The van der Waals surface area contributed by atoms with Crippen LogP contribution in [0.2, 0.25) is 0 Å². The zero-order valence-corrected chi connectivity index (χ0v) is 14.0. The van der Waals surface area contributed by atoms with E-state index in [1.807, 2.05) is 24.3 Å². The second-order valence-electron chi connectivity index (χ2n) is 6.00. The Hall–Kier alpha value is -2.44. The summed E-state index contributed by atoms with van der Waals surface area (Å²) in [7, 11) is 0. The third kappa shape index (κ3) is 2.98. The third-order valence-corrected chi connectivity index (χ3v) is 5.16. The minimum atomic E-state index is -0.0254. The van der Waals surface area contributed by atoms with Crippen LogP contribution in [0.25, 0.3) is 11.4 Å². The van der Waals surface area contributed by atoms with Crippen molar-refractivity contribution < 1.29 is 0 Å². The summed E-state index contributed by atoms with van der Waals surface area (Å²) < 4.78 is 0. The smallest absolute Gasteiger partial charge is 0.254 e. The molecule has 0 saturated heterocycles. The fraction of sp³-hybridized carbons (Fsp3) is 0.222. The lowest BCUT2D eigenvalue weighted by Crippen LogP contribution is -2.34. The monoisotopic (exact) mass is 338 g/mol. The summed E-state index contributed by atoms with van der Waals surface area (Å²) in [5.74, 6) is 0.608. The number of benzene rings is 1. The molecule has 5 nitrogen and oxygen atoms in total.